The van der Waals surface area contributed by atoms with Gasteiger partial charge in [0.1, 0.15) is 17.1 Å². The summed E-state index contributed by atoms with van der Waals surface area (Å²) in [6.07, 6.45) is 5.66. The molecule has 2 aromatic heterocycles. The van der Waals surface area contributed by atoms with Gasteiger partial charge in [-0.3, -0.25) is 9.88 Å². The second-order valence-electron chi connectivity index (χ2n) is 8.92. The molecular weight excluding hydrogens is 429 g/mol. The number of rotatable bonds is 7. The molecular formula is C27H30FN5O. The maximum absolute atomic E-state index is 13.4. The summed E-state index contributed by atoms with van der Waals surface area (Å²) < 4.78 is 20.8. The Bertz CT molecular complexity index is 1230. The first-order valence-electron chi connectivity index (χ1n) is 11.8. The van der Waals surface area contributed by atoms with Crippen molar-refractivity contribution in [2.75, 3.05) is 25.5 Å². The van der Waals surface area contributed by atoms with Crippen molar-refractivity contribution in [3.8, 4) is 5.75 Å². The Hall–Kier alpha value is -3.45. The van der Waals surface area contributed by atoms with E-state index >= 15 is 0 Å². The number of hydrogen-bond donors (Lipinski definition) is 1. The summed E-state index contributed by atoms with van der Waals surface area (Å²) in [7, 11) is 1.70. The van der Waals surface area contributed by atoms with Gasteiger partial charge in [-0.25, -0.2) is 9.37 Å². The molecule has 3 heterocycles. The lowest BCUT2D eigenvalue weighted by Gasteiger charge is -2.36. The van der Waals surface area contributed by atoms with Crippen molar-refractivity contribution in [1.29, 1.82) is 0 Å². The van der Waals surface area contributed by atoms with Crippen LogP contribution in [-0.2, 0) is 6.54 Å². The summed E-state index contributed by atoms with van der Waals surface area (Å²) in [6.45, 7) is 4.93. The van der Waals surface area contributed by atoms with Crippen LogP contribution >= 0.6 is 0 Å². The van der Waals surface area contributed by atoms with Gasteiger partial charge in [0.25, 0.3) is 0 Å². The number of aromatic nitrogens is 3. The van der Waals surface area contributed by atoms with Crippen LogP contribution in [-0.4, -0.2) is 45.7 Å². The number of likely N-dealkylation sites (tertiary alicyclic amines) is 1. The fourth-order valence-corrected chi connectivity index (χ4v) is 4.73. The predicted molar refractivity (Wildman–Crippen MR) is 133 cm³/mol. The average molecular weight is 460 g/mol. The molecule has 1 unspecified atom stereocenters. The third-order valence-corrected chi connectivity index (χ3v) is 6.81. The molecule has 1 aliphatic rings. The van der Waals surface area contributed by atoms with Crippen LogP contribution in [0.4, 0.5) is 10.3 Å². The van der Waals surface area contributed by atoms with Crippen molar-refractivity contribution >= 4 is 17.0 Å². The van der Waals surface area contributed by atoms with E-state index in [9.17, 15) is 4.39 Å². The number of pyridine rings is 1. The molecule has 1 saturated heterocycles. The molecule has 0 aliphatic carbocycles. The number of halogens is 1. The van der Waals surface area contributed by atoms with Crippen LogP contribution in [0.2, 0.25) is 0 Å². The number of nitrogens with one attached hydrogen (secondary N) is 1. The number of piperidine rings is 1. The summed E-state index contributed by atoms with van der Waals surface area (Å²) in [6, 6.07) is 17.7. The Morgan fingerprint density at radius 2 is 1.79 bits per heavy atom. The summed E-state index contributed by atoms with van der Waals surface area (Å²) in [5.74, 6) is 1.50. The molecule has 0 saturated carbocycles. The van der Waals surface area contributed by atoms with Gasteiger partial charge in [-0.1, -0.05) is 24.3 Å². The van der Waals surface area contributed by atoms with Crippen molar-refractivity contribution in [2.45, 2.75) is 38.4 Å². The highest BCUT2D eigenvalue weighted by molar-refractivity contribution is 5.77. The van der Waals surface area contributed by atoms with Gasteiger partial charge in [0.2, 0.25) is 5.95 Å². The number of anilines is 1. The molecule has 1 aliphatic heterocycles. The highest BCUT2D eigenvalue weighted by Gasteiger charge is 2.25. The number of ether oxygens (including phenoxy) is 1. The van der Waals surface area contributed by atoms with Crippen LogP contribution in [0, 0.1) is 5.82 Å². The van der Waals surface area contributed by atoms with Gasteiger partial charge in [0.15, 0.2) is 0 Å². The molecule has 34 heavy (non-hydrogen) atoms. The standard InChI is InChI=1S/C27H30FN5O/c1-19(21-5-9-24(34-2)10-6-21)32-15-12-23(13-16-32)30-27-31-25-17-29-14-11-26(25)33(27)18-20-3-7-22(28)8-4-20/h3-11,14,17,19,23H,12-13,15-16,18H2,1-2H3,(H,30,31). The fourth-order valence-electron chi connectivity index (χ4n) is 4.73. The highest BCUT2D eigenvalue weighted by atomic mass is 19.1. The first-order valence-corrected chi connectivity index (χ1v) is 11.8. The SMILES string of the molecule is COc1ccc(C(C)N2CCC(Nc3nc4cnccc4n3Cc3ccc(F)cc3)CC2)cc1. The molecule has 1 atom stereocenters. The van der Waals surface area contributed by atoms with Crippen LogP contribution in [0.3, 0.4) is 0 Å². The summed E-state index contributed by atoms with van der Waals surface area (Å²) in [5.41, 5.74) is 4.22. The third-order valence-electron chi connectivity index (χ3n) is 6.81. The molecule has 0 bridgehead atoms. The average Bonchev–Trinajstić information content (AvgIpc) is 3.22. The maximum atomic E-state index is 13.4. The van der Waals surface area contributed by atoms with E-state index in [1.807, 2.05) is 30.3 Å². The van der Waals surface area contributed by atoms with Crippen LogP contribution in [0.1, 0.15) is 36.9 Å². The lowest BCUT2D eigenvalue weighted by Crippen LogP contribution is -2.40. The zero-order chi connectivity index (χ0) is 23.5. The zero-order valence-corrected chi connectivity index (χ0v) is 19.6. The first kappa shape index (κ1) is 22.3. The summed E-state index contributed by atoms with van der Waals surface area (Å²) in [4.78, 5) is 11.6. The Morgan fingerprint density at radius 3 is 2.50 bits per heavy atom. The Morgan fingerprint density at radius 1 is 1.06 bits per heavy atom. The number of nitrogens with zero attached hydrogens (tertiary/aromatic N) is 4. The molecule has 0 spiro atoms. The van der Waals surface area contributed by atoms with E-state index in [-0.39, 0.29) is 5.82 Å². The molecule has 2 aromatic carbocycles. The number of methoxy groups -OCH3 is 1. The molecule has 6 nitrogen and oxygen atoms in total. The highest BCUT2D eigenvalue weighted by Crippen LogP contribution is 2.28. The lowest BCUT2D eigenvalue weighted by atomic mass is 10.00. The van der Waals surface area contributed by atoms with Gasteiger partial charge >= 0.3 is 0 Å². The third kappa shape index (κ3) is 4.75. The van der Waals surface area contributed by atoms with E-state index in [0.717, 1.165) is 54.2 Å². The van der Waals surface area contributed by atoms with Gasteiger partial charge in [-0.15, -0.1) is 0 Å². The van der Waals surface area contributed by atoms with E-state index in [2.05, 4.69) is 38.8 Å². The molecule has 5 rings (SSSR count). The Balaban J connectivity index is 1.28. The molecule has 7 heteroatoms. The van der Waals surface area contributed by atoms with Crippen molar-refractivity contribution in [3.05, 3.63) is 83.9 Å². The monoisotopic (exact) mass is 459 g/mol. The topological polar surface area (TPSA) is 55.2 Å². The second-order valence-corrected chi connectivity index (χ2v) is 8.92. The van der Waals surface area contributed by atoms with Gasteiger partial charge < -0.3 is 14.6 Å². The van der Waals surface area contributed by atoms with E-state index in [1.165, 1.54) is 17.7 Å². The first-order chi connectivity index (χ1) is 16.6. The Kier molecular flexibility index (Phi) is 6.45. The van der Waals surface area contributed by atoms with Crippen LogP contribution in [0.15, 0.2) is 67.0 Å². The van der Waals surface area contributed by atoms with Crippen LogP contribution in [0.5, 0.6) is 5.75 Å². The molecule has 4 aromatic rings. The molecule has 1 fully saturated rings. The smallest absolute Gasteiger partial charge is 0.204 e. The molecule has 176 valence electrons. The quantitative estimate of drug-likeness (QED) is 0.408. The van der Waals surface area contributed by atoms with Crippen molar-refractivity contribution in [3.63, 3.8) is 0 Å². The van der Waals surface area contributed by atoms with Gasteiger partial charge in [-0.05, 0) is 61.2 Å². The van der Waals surface area contributed by atoms with Gasteiger partial charge in [-0.2, -0.15) is 0 Å². The van der Waals surface area contributed by atoms with E-state index in [4.69, 9.17) is 9.72 Å². The fraction of sp³-hybridized carbons (Fsp3) is 0.333. The minimum atomic E-state index is -0.225. The van der Waals surface area contributed by atoms with Gasteiger partial charge in [0, 0.05) is 31.4 Å². The van der Waals surface area contributed by atoms with Crippen LogP contribution in [0.25, 0.3) is 11.0 Å². The maximum Gasteiger partial charge on any atom is 0.204 e. The summed E-state index contributed by atoms with van der Waals surface area (Å²) >= 11 is 0. The predicted octanol–water partition coefficient (Wildman–Crippen LogP) is 5.26. The van der Waals surface area contributed by atoms with Crippen LogP contribution < -0.4 is 10.1 Å². The lowest BCUT2D eigenvalue weighted by molar-refractivity contribution is 0.167. The van der Waals surface area contributed by atoms with E-state index in [0.29, 0.717) is 18.6 Å². The van der Waals surface area contributed by atoms with E-state index in [1.54, 1.807) is 19.5 Å². The second kappa shape index (κ2) is 9.81. The minimum Gasteiger partial charge on any atom is -0.497 e. The number of hydrogen-bond acceptors (Lipinski definition) is 5. The Labute approximate surface area is 199 Å². The number of fused-ring (bicyclic) bond motifs is 1. The van der Waals surface area contributed by atoms with Crippen molar-refractivity contribution in [1.82, 2.24) is 19.4 Å². The largest absolute Gasteiger partial charge is 0.497 e. The minimum absolute atomic E-state index is 0.225. The molecule has 0 radical (unpaired) electrons. The number of benzene rings is 2. The zero-order valence-electron chi connectivity index (χ0n) is 19.6. The number of imidazole rings is 1. The van der Waals surface area contributed by atoms with Crippen molar-refractivity contribution in [2.24, 2.45) is 0 Å². The molecule has 1 N–H and O–H groups in total. The van der Waals surface area contributed by atoms with Gasteiger partial charge in [0.05, 0.1) is 25.4 Å². The molecule has 0 amide bonds. The van der Waals surface area contributed by atoms with Crippen molar-refractivity contribution < 1.29 is 9.13 Å². The summed E-state index contributed by atoms with van der Waals surface area (Å²) in [5, 5.41) is 3.69. The van der Waals surface area contributed by atoms with E-state index < -0.39 is 0 Å². The normalized spacial score (nSPS) is 16.0.